The fraction of sp³-hybridized carbons (Fsp3) is 0.385. The minimum atomic E-state index is -1.07. The molecule has 0 fully saturated rings. The molecule has 0 aliphatic rings. The van der Waals surface area contributed by atoms with Crippen LogP contribution in [0.15, 0.2) is 28.7 Å². The van der Waals surface area contributed by atoms with Crippen molar-refractivity contribution in [1.82, 2.24) is 0 Å². The van der Waals surface area contributed by atoms with E-state index in [9.17, 15) is 9.59 Å². The van der Waals surface area contributed by atoms with Crippen molar-refractivity contribution < 1.29 is 14.7 Å². The number of amides is 1. The van der Waals surface area contributed by atoms with Crippen LogP contribution in [0.5, 0.6) is 0 Å². The summed E-state index contributed by atoms with van der Waals surface area (Å²) in [5, 5.41) is 11.6. The van der Waals surface area contributed by atoms with Gasteiger partial charge in [-0.05, 0) is 38.1 Å². The van der Waals surface area contributed by atoms with Crippen molar-refractivity contribution in [2.75, 3.05) is 11.1 Å². The minimum absolute atomic E-state index is 0.143. The van der Waals surface area contributed by atoms with Crippen LogP contribution in [0.25, 0.3) is 0 Å². The molecule has 5 nitrogen and oxygen atoms in total. The number of hydrogen-bond acceptors (Lipinski definition) is 4. The average molecular weight is 361 g/mol. The van der Waals surface area contributed by atoms with Crippen molar-refractivity contribution in [3.63, 3.8) is 0 Å². The molecule has 1 aromatic carbocycles. The summed E-state index contributed by atoms with van der Waals surface area (Å²) in [6.07, 6.45) is 0. The molecule has 7 heteroatoms. The molecule has 0 saturated heterocycles. The first-order valence-electron chi connectivity index (χ1n) is 5.90. The normalized spacial score (nSPS) is 12.8. The summed E-state index contributed by atoms with van der Waals surface area (Å²) in [5.74, 6) is -1.12. The maximum absolute atomic E-state index is 11.8. The van der Waals surface area contributed by atoms with Gasteiger partial charge in [0.25, 0.3) is 0 Å². The quantitative estimate of drug-likeness (QED) is 0.723. The molecule has 0 aliphatic carbocycles. The van der Waals surface area contributed by atoms with Gasteiger partial charge in [0, 0.05) is 14.9 Å². The van der Waals surface area contributed by atoms with Crippen molar-refractivity contribution in [1.29, 1.82) is 0 Å². The van der Waals surface area contributed by atoms with E-state index in [4.69, 9.17) is 10.8 Å². The van der Waals surface area contributed by atoms with Crippen molar-refractivity contribution in [3.05, 3.63) is 28.7 Å². The van der Waals surface area contributed by atoms with Crippen LogP contribution in [0.1, 0.15) is 13.8 Å². The molecule has 0 aromatic heterocycles. The van der Waals surface area contributed by atoms with E-state index in [1.165, 1.54) is 11.8 Å². The molecule has 0 bridgehead atoms. The topological polar surface area (TPSA) is 92.4 Å². The summed E-state index contributed by atoms with van der Waals surface area (Å²) < 4.78 is 0.210. The van der Waals surface area contributed by atoms with Crippen molar-refractivity contribution in [2.24, 2.45) is 5.73 Å². The summed E-state index contributed by atoms with van der Waals surface area (Å²) in [4.78, 5) is 22.7. The molecule has 110 valence electrons. The van der Waals surface area contributed by atoms with Gasteiger partial charge in [-0.2, -0.15) is 0 Å². The van der Waals surface area contributed by atoms with Gasteiger partial charge in [0.1, 0.15) is 6.04 Å². The molecule has 1 aromatic rings. The average Bonchev–Trinajstić information content (AvgIpc) is 2.38. The first kappa shape index (κ1) is 17.0. The van der Waals surface area contributed by atoms with E-state index < -0.39 is 16.8 Å². The first-order valence-corrected chi connectivity index (χ1v) is 7.68. The number of halogens is 1. The number of nitrogens with two attached hydrogens (primary N) is 1. The Morgan fingerprint density at radius 1 is 1.40 bits per heavy atom. The summed E-state index contributed by atoms with van der Waals surface area (Å²) in [5.41, 5.74) is 6.29. The highest BCUT2D eigenvalue weighted by atomic mass is 79.9. The highest BCUT2D eigenvalue weighted by Crippen LogP contribution is 2.27. The molecule has 0 radical (unpaired) electrons. The molecule has 0 unspecified atom stereocenters. The van der Waals surface area contributed by atoms with Crippen LogP contribution >= 0.6 is 27.7 Å². The molecule has 1 rings (SSSR count). The monoisotopic (exact) mass is 360 g/mol. The second-order valence-corrected chi connectivity index (χ2v) is 7.31. The Bertz CT molecular complexity index is 491. The Morgan fingerprint density at radius 2 is 1.95 bits per heavy atom. The van der Waals surface area contributed by atoms with E-state index in [0.717, 1.165) is 4.47 Å². The molecule has 0 heterocycles. The van der Waals surface area contributed by atoms with E-state index in [2.05, 4.69) is 21.2 Å². The number of hydrogen-bond donors (Lipinski definition) is 3. The first-order chi connectivity index (χ1) is 9.22. The number of aliphatic carboxylic acids is 1. The number of carbonyl (C=O) groups excluding carboxylic acids is 1. The lowest BCUT2D eigenvalue weighted by Crippen LogP contribution is -2.47. The van der Waals surface area contributed by atoms with Gasteiger partial charge in [0.2, 0.25) is 5.91 Å². The predicted molar refractivity (Wildman–Crippen MR) is 84.9 cm³/mol. The fourth-order valence-electron chi connectivity index (χ4n) is 1.37. The summed E-state index contributed by atoms with van der Waals surface area (Å²) in [6, 6.07) is 6.19. The van der Waals surface area contributed by atoms with Crippen LogP contribution in [-0.2, 0) is 9.59 Å². The second kappa shape index (κ2) is 7.10. The largest absolute Gasteiger partial charge is 0.480 e. The van der Waals surface area contributed by atoms with Gasteiger partial charge < -0.3 is 16.2 Å². The van der Waals surface area contributed by atoms with Gasteiger partial charge >= 0.3 is 5.97 Å². The number of carboxylic acids is 1. The summed E-state index contributed by atoms with van der Waals surface area (Å²) >= 11 is 4.53. The zero-order chi connectivity index (χ0) is 15.3. The molecule has 1 atom stereocenters. The van der Waals surface area contributed by atoms with Crippen molar-refractivity contribution in [3.8, 4) is 0 Å². The standard InChI is InChI=1S/C13H17BrN2O3S/c1-13(2,11(15)12(18)19)20-7-10(17)16-9-5-3-8(14)4-6-9/h3-6,11H,7,15H2,1-2H3,(H,16,17)(H,18,19)/t11-/m1/s1. The second-order valence-electron chi connectivity index (χ2n) is 4.76. The van der Waals surface area contributed by atoms with Crippen LogP contribution in [-0.4, -0.2) is 33.5 Å². The maximum atomic E-state index is 11.8. The van der Waals surface area contributed by atoms with Crippen LogP contribution in [0.3, 0.4) is 0 Å². The number of benzene rings is 1. The molecule has 0 saturated carbocycles. The van der Waals surface area contributed by atoms with Gasteiger partial charge in [-0.1, -0.05) is 15.9 Å². The van der Waals surface area contributed by atoms with Crippen LogP contribution in [0.4, 0.5) is 5.69 Å². The lowest BCUT2D eigenvalue weighted by Gasteiger charge is -2.27. The number of carbonyl (C=O) groups is 2. The van der Waals surface area contributed by atoms with Gasteiger partial charge in [-0.15, -0.1) is 11.8 Å². The van der Waals surface area contributed by atoms with Gasteiger partial charge in [0.05, 0.1) is 5.75 Å². The minimum Gasteiger partial charge on any atom is -0.480 e. The maximum Gasteiger partial charge on any atom is 0.321 e. The number of rotatable bonds is 6. The Labute approximate surface area is 130 Å². The molecule has 1 amide bonds. The van der Waals surface area contributed by atoms with Crippen molar-refractivity contribution in [2.45, 2.75) is 24.6 Å². The SMILES string of the molecule is CC(C)(SCC(=O)Nc1ccc(Br)cc1)[C@H](N)C(=O)O. The molecule has 4 N–H and O–H groups in total. The van der Waals surface area contributed by atoms with Gasteiger partial charge in [-0.3, -0.25) is 9.59 Å². The predicted octanol–water partition coefficient (Wildman–Crippen LogP) is 2.31. The highest BCUT2D eigenvalue weighted by molar-refractivity contribution is 9.10. The fourth-order valence-corrected chi connectivity index (χ4v) is 2.49. The van der Waals surface area contributed by atoms with E-state index in [1.54, 1.807) is 26.0 Å². The zero-order valence-corrected chi connectivity index (χ0v) is 13.6. The third-order valence-corrected chi connectivity index (χ3v) is 4.65. The molecular weight excluding hydrogens is 344 g/mol. The molecule has 20 heavy (non-hydrogen) atoms. The lowest BCUT2D eigenvalue weighted by atomic mass is 10.1. The van der Waals surface area contributed by atoms with Crippen LogP contribution in [0.2, 0.25) is 0 Å². The Balaban J connectivity index is 2.51. The number of nitrogens with one attached hydrogen (secondary N) is 1. The third-order valence-electron chi connectivity index (χ3n) is 2.72. The smallest absolute Gasteiger partial charge is 0.321 e. The van der Waals surface area contributed by atoms with Gasteiger partial charge in [0.15, 0.2) is 0 Å². The van der Waals surface area contributed by atoms with Crippen LogP contribution in [0, 0.1) is 0 Å². The highest BCUT2D eigenvalue weighted by Gasteiger charge is 2.33. The van der Waals surface area contributed by atoms with E-state index >= 15 is 0 Å². The van der Waals surface area contributed by atoms with E-state index in [-0.39, 0.29) is 11.7 Å². The van der Waals surface area contributed by atoms with E-state index in [0.29, 0.717) is 5.69 Å². The van der Waals surface area contributed by atoms with E-state index in [1.807, 2.05) is 12.1 Å². The zero-order valence-electron chi connectivity index (χ0n) is 11.2. The molecular formula is C13H17BrN2O3S. The third kappa shape index (κ3) is 5.15. The molecule has 0 spiro atoms. The van der Waals surface area contributed by atoms with Crippen LogP contribution < -0.4 is 11.1 Å². The van der Waals surface area contributed by atoms with Gasteiger partial charge in [-0.25, -0.2) is 0 Å². The number of anilines is 1. The number of thioether (sulfide) groups is 1. The Hall–Kier alpha value is -1.05. The Kier molecular flexibility index (Phi) is 6.04. The summed E-state index contributed by atoms with van der Waals surface area (Å²) in [6.45, 7) is 3.42. The number of carboxylic acid groups (broad SMARTS) is 1. The summed E-state index contributed by atoms with van der Waals surface area (Å²) in [7, 11) is 0. The lowest BCUT2D eigenvalue weighted by molar-refractivity contribution is -0.139. The van der Waals surface area contributed by atoms with Crippen molar-refractivity contribution >= 4 is 45.3 Å². The Morgan fingerprint density at radius 3 is 2.45 bits per heavy atom. The molecule has 0 aliphatic heterocycles.